The van der Waals surface area contributed by atoms with Gasteiger partial charge in [-0.1, -0.05) is 0 Å². The van der Waals surface area contributed by atoms with E-state index in [0.717, 1.165) is 18.4 Å². The molecule has 0 aromatic carbocycles. The number of alkyl carbamates (subject to hydrolysis) is 1. The number of fused-ring (bicyclic) bond motifs is 2. The van der Waals surface area contributed by atoms with Crippen molar-refractivity contribution < 1.29 is 19.8 Å². The fourth-order valence-electron chi connectivity index (χ4n) is 5.74. The lowest BCUT2D eigenvalue weighted by Crippen LogP contribution is -2.45. The van der Waals surface area contributed by atoms with Crippen LogP contribution in [0.2, 0.25) is 0 Å². The lowest BCUT2D eigenvalue weighted by atomic mass is 9.94. The first-order chi connectivity index (χ1) is 20.7. The highest BCUT2D eigenvalue weighted by Crippen LogP contribution is 2.45. The highest BCUT2D eigenvalue weighted by Gasteiger charge is 2.48. The Hall–Kier alpha value is -4.42. The number of imidazole rings is 2. The normalized spacial score (nSPS) is 24.1. The number of nitrogens with one attached hydrogen (secondary N) is 2. The SMILES string of the molecule is [2H]C([2H])([2H])n1c(=O)n([C@@H]2CC[C@@]([2H])(NC(=O)OC)C2)c2cc(Nc3cc(C)c4ncn(C(C)(C(N)=O)C5CC5)c4n3)ncc21. The summed E-state index contributed by atoms with van der Waals surface area (Å²) in [6.45, 7) is 0.880. The zero-order valence-corrected chi connectivity index (χ0v) is 22.4. The number of nitrogens with two attached hydrogens (primary N) is 1. The molecule has 0 aliphatic heterocycles. The number of ether oxygens (including phenoxy) is 1. The predicted molar refractivity (Wildman–Crippen MR) is 148 cm³/mol. The summed E-state index contributed by atoms with van der Waals surface area (Å²) in [4.78, 5) is 51.6. The summed E-state index contributed by atoms with van der Waals surface area (Å²) in [5.41, 5.74) is 6.39. The van der Waals surface area contributed by atoms with Gasteiger partial charge in [-0.3, -0.25) is 18.5 Å². The van der Waals surface area contributed by atoms with Crippen LogP contribution in [0.5, 0.6) is 0 Å². The Morgan fingerprint density at radius 1 is 1.20 bits per heavy atom. The molecule has 6 rings (SSSR count). The molecule has 4 heterocycles. The Bertz CT molecular complexity index is 1880. The summed E-state index contributed by atoms with van der Waals surface area (Å²) in [6.07, 6.45) is 4.53. The van der Waals surface area contributed by atoms with E-state index in [1.807, 2.05) is 6.92 Å². The van der Waals surface area contributed by atoms with Crippen LogP contribution in [-0.4, -0.2) is 53.8 Å². The molecule has 3 atom stereocenters. The smallest absolute Gasteiger partial charge is 0.407 e. The largest absolute Gasteiger partial charge is 0.453 e. The van der Waals surface area contributed by atoms with Gasteiger partial charge in [-0.2, -0.15) is 0 Å². The number of nitrogens with zero attached hydrogens (tertiary/aromatic N) is 6. The van der Waals surface area contributed by atoms with Gasteiger partial charge in [0.15, 0.2) is 5.65 Å². The number of hydrogen-bond acceptors (Lipinski definition) is 8. The molecular weight excluding hydrogens is 514 g/mol. The molecule has 0 radical (unpaired) electrons. The number of carbonyl (C=O) groups excluding carboxylic acids is 2. The van der Waals surface area contributed by atoms with Crippen molar-refractivity contribution in [2.75, 3.05) is 12.4 Å². The summed E-state index contributed by atoms with van der Waals surface area (Å²) in [6, 6.07) is 1.37. The maximum absolute atomic E-state index is 13.6. The number of hydrogen-bond donors (Lipinski definition) is 3. The average Bonchev–Trinajstić information content (AvgIpc) is 3.50. The first kappa shape index (κ1) is 21.4. The minimum atomic E-state index is -2.78. The number of methoxy groups -OCH3 is 1. The molecule has 4 aromatic heterocycles. The van der Waals surface area contributed by atoms with E-state index < -0.39 is 42.3 Å². The summed E-state index contributed by atoms with van der Waals surface area (Å²) in [7, 11) is 1.20. The van der Waals surface area contributed by atoms with Crippen molar-refractivity contribution in [3.05, 3.63) is 40.7 Å². The molecular formula is C27H33N9O4. The zero-order valence-electron chi connectivity index (χ0n) is 26.4. The Morgan fingerprint density at radius 2 is 2.00 bits per heavy atom. The van der Waals surface area contributed by atoms with Crippen molar-refractivity contribution in [2.24, 2.45) is 18.6 Å². The molecule has 2 amide bonds. The Labute approximate surface area is 235 Å². The molecule has 0 saturated heterocycles. The number of aromatic nitrogens is 6. The third-order valence-electron chi connectivity index (χ3n) is 8.17. The van der Waals surface area contributed by atoms with Gasteiger partial charge in [0.1, 0.15) is 22.7 Å². The van der Waals surface area contributed by atoms with Gasteiger partial charge in [0.25, 0.3) is 0 Å². The first-order valence-corrected chi connectivity index (χ1v) is 13.1. The van der Waals surface area contributed by atoms with Crippen LogP contribution >= 0.6 is 0 Å². The molecule has 13 heteroatoms. The molecule has 2 fully saturated rings. The standard InChI is InChI=1S/C27H33N9O4/c1-14-9-21(33-23-22(14)30-13-35(23)27(2,24(28)37)15-5-6-15)32-20-11-18-19(12-29-20)34(3)26(39)36(18)17-8-7-16(10-17)31-25(38)40-4/h9,11-13,15-17H,5-8,10H2,1-4H3,(H2,28,37)(H,31,38)(H,29,32,33)/t16-,17-,27?/m1/s1/i3D3,16D. The topological polar surface area (TPSA) is 164 Å². The van der Waals surface area contributed by atoms with E-state index in [4.69, 9.17) is 16.2 Å². The summed E-state index contributed by atoms with van der Waals surface area (Å²) >= 11 is 0. The van der Waals surface area contributed by atoms with Gasteiger partial charge in [0.05, 0.1) is 32.0 Å². The van der Waals surface area contributed by atoms with Gasteiger partial charge in [-0.25, -0.2) is 24.5 Å². The highest BCUT2D eigenvalue weighted by molar-refractivity contribution is 5.87. The predicted octanol–water partition coefficient (Wildman–Crippen LogP) is 2.59. The second-order valence-corrected chi connectivity index (χ2v) is 10.7. The van der Waals surface area contributed by atoms with Crippen LogP contribution in [0.25, 0.3) is 22.2 Å². The number of primary amides is 1. The molecule has 2 saturated carbocycles. The van der Waals surface area contributed by atoms with Crippen molar-refractivity contribution in [2.45, 2.75) is 63.6 Å². The molecule has 0 bridgehead atoms. The second kappa shape index (κ2) is 9.35. The van der Waals surface area contributed by atoms with E-state index in [1.54, 1.807) is 30.0 Å². The Balaban J connectivity index is 1.41. The number of anilines is 2. The number of rotatable bonds is 7. The van der Waals surface area contributed by atoms with Crippen molar-refractivity contribution in [3.63, 3.8) is 0 Å². The highest BCUT2D eigenvalue weighted by atomic mass is 16.5. The molecule has 40 heavy (non-hydrogen) atoms. The third kappa shape index (κ3) is 4.07. The molecule has 13 nitrogen and oxygen atoms in total. The van der Waals surface area contributed by atoms with Crippen LogP contribution in [0.4, 0.5) is 16.4 Å². The fourth-order valence-corrected chi connectivity index (χ4v) is 5.74. The van der Waals surface area contributed by atoms with Crippen LogP contribution in [0, 0.1) is 12.8 Å². The van der Waals surface area contributed by atoms with E-state index in [2.05, 4.69) is 25.3 Å². The van der Waals surface area contributed by atoms with Crippen molar-refractivity contribution in [1.29, 1.82) is 0 Å². The van der Waals surface area contributed by atoms with Crippen LogP contribution in [0.1, 0.15) is 56.1 Å². The first-order valence-electron chi connectivity index (χ1n) is 15.1. The lowest BCUT2D eigenvalue weighted by Gasteiger charge is -2.28. The minimum absolute atomic E-state index is 0.0637. The lowest BCUT2D eigenvalue weighted by molar-refractivity contribution is -0.126. The van der Waals surface area contributed by atoms with E-state index >= 15 is 0 Å². The molecule has 4 N–H and O–H groups in total. The number of pyridine rings is 2. The summed E-state index contributed by atoms with van der Waals surface area (Å²) < 4.78 is 41.1. The van der Waals surface area contributed by atoms with Crippen LogP contribution < -0.4 is 22.1 Å². The van der Waals surface area contributed by atoms with Gasteiger partial charge in [-0.15, -0.1) is 0 Å². The molecule has 4 aromatic rings. The monoisotopic (exact) mass is 551 g/mol. The third-order valence-corrected chi connectivity index (χ3v) is 8.17. The van der Waals surface area contributed by atoms with E-state index in [0.29, 0.717) is 33.5 Å². The van der Waals surface area contributed by atoms with Crippen molar-refractivity contribution in [1.82, 2.24) is 34.0 Å². The van der Waals surface area contributed by atoms with Crippen LogP contribution in [0.3, 0.4) is 0 Å². The Kier molecular flexibility index (Phi) is 5.00. The number of amides is 2. The number of carbonyl (C=O) groups is 2. The van der Waals surface area contributed by atoms with Crippen molar-refractivity contribution >= 4 is 45.8 Å². The molecule has 2 aliphatic carbocycles. The van der Waals surface area contributed by atoms with E-state index in [-0.39, 0.29) is 30.1 Å². The van der Waals surface area contributed by atoms with Gasteiger partial charge in [0, 0.05) is 29.2 Å². The maximum Gasteiger partial charge on any atom is 0.407 e. The van der Waals surface area contributed by atoms with E-state index in [9.17, 15) is 14.4 Å². The van der Waals surface area contributed by atoms with Gasteiger partial charge < -0.3 is 21.1 Å². The quantitative estimate of drug-likeness (QED) is 0.315. The average molecular weight is 552 g/mol. The van der Waals surface area contributed by atoms with Gasteiger partial charge in [0.2, 0.25) is 5.91 Å². The second-order valence-electron chi connectivity index (χ2n) is 10.7. The van der Waals surface area contributed by atoms with Crippen molar-refractivity contribution in [3.8, 4) is 0 Å². The van der Waals surface area contributed by atoms with Gasteiger partial charge in [-0.05, 0) is 63.5 Å². The minimum Gasteiger partial charge on any atom is -0.453 e. The zero-order chi connectivity index (χ0) is 31.8. The molecule has 2 aliphatic rings. The molecule has 1 unspecified atom stereocenters. The molecule has 0 spiro atoms. The molecule has 210 valence electrons. The Morgan fingerprint density at radius 3 is 2.70 bits per heavy atom. The van der Waals surface area contributed by atoms with Crippen LogP contribution in [-0.2, 0) is 22.0 Å². The summed E-state index contributed by atoms with van der Waals surface area (Å²) in [5, 5.41) is 5.66. The van der Waals surface area contributed by atoms with Crippen LogP contribution in [0.15, 0.2) is 29.5 Å². The summed E-state index contributed by atoms with van der Waals surface area (Å²) in [5.74, 6) is 0.295. The van der Waals surface area contributed by atoms with Gasteiger partial charge >= 0.3 is 11.8 Å². The number of aryl methyl sites for hydroxylation is 2. The fraction of sp³-hybridized carbons (Fsp3) is 0.481. The maximum atomic E-state index is 13.6. The van der Waals surface area contributed by atoms with E-state index in [1.165, 1.54) is 17.9 Å².